The average Bonchev–Trinajstić information content (AvgIpc) is 3.17. The molecular formula is C17H13ClN4OS. The molecule has 0 unspecified atom stereocenters. The molecule has 0 aliphatic heterocycles. The lowest BCUT2D eigenvalue weighted by Crippen LogP contribution is -1.92. The first-order chi connectivity index (χ1) is 11.7. The molecule has 120 valence electrons. The van der Waals surface area contributed by atoms with Gasteiger partial charge in [0.15, 0.2) is 5.82 Å². The largest absolute Gasteiger partial charge is 0.494 e. The van der Waals surface area contributed by atoms with Crippen LogP contribution in [0.5, 0.6) is 5.75 Å². The number of hydrogen-bond acceptors (Lipinski definition) is 5. The van der Waals surface area contributed by atoms with E-state index < -0.39 is 0 Å². The first-order valence-electron chi connectivity index (χ1n) is 7.46. The lowest BCUT2D eigenvalue weighted by molar-refractivity contribution is 0.340. The van der Waals surface area contributed by atoms with E-state index in [1.807, 2.05) is 55.5 Å². The molecule has 0 bridgehead atoms. The second-order valence-electron chi connectivity index (χ2n) is 5.09. The van der Waals surface area contributed by atoms with Crippen molar-refractivity contribution in [3.63, 3.8) is 0 Å². The summed E-state index contributed by atoms with van der Waals surface area (Å²) in [6.07, 6.45) is 0. The number of benzene rings is 2. The Balaban J connectivity index is 1.72. The molecule has 0 fully saturated rings. The van der Waals surface area contributed by atoms with E-state index in [1.165, 1.54) is 11.3 Å². The van der Waals surface area contributed by atoms with E-state index in [4.69, 9.17) is 16.3 Å². The van der Waals surface area contributed by atoms with Crippen molar-refractivity contribution < 1.29 is 4.74 Å². The molecule has 2 aromatic heterocycles. The van der Waals surface area contributed by atoms with Crippen LogP contribution in [0, 0.1) is 0 Å². The van der Waals surface area contributed by atoms with Crippen molar-refractivity contribution in [2.45, 2.75) is 6.92 Å². The zero-order chi connectivity index (χ0) is 16.5. The molecule has 5 nitrogen and oxygen atoms in total. The van der Waals surface area contributed by atoms with Crippen molar-refractivity contribution in [3.8, 4) is 27.7 Å². The van der Waals surface area contributed by atoms with E-state index in [0.29, 0.717) is 17.5 Å². The van der Waals surface area contributed by atoms with Gasteiger partial charge in [-0.2, -0.15) is 9.61 Å². The Morgan fingerprint density at radius 3 is 2.42 bits per heavy atom. The molecule has 2 aromatic carbocycles. The van der Waals surface area contributed by atoms with Crippen LogP contribution in [0.3, 0.4) is 0 Å². The molecule has 4 rings (SSSR count). The van der Waals surface area contributed by atoms with Crippen LogP contribution in [0.25, 0.3) is 26.9 Å². The van der Waals surface area contributed by atoms with Gasteiger partial charge >= 0.3 is 0 Å². The van der Waals surface area contributed by atoms with Crippen LogP contribution >= 0.6 is 22.9 Å². The predicted molar refractivity (Wildman–Crippen MR) is 95.7 cm³/mol. The number of ether oxygens (including phenoxy) is 1. The van der Waals surface area contributed by atoms with Gasteiger partial charge in [0, 0.05) is 16.1 Å². The molecule has 0 saturated carbocycles. The second kappa shape index (κ2) is 6.22. The van der Waals surface area contributed by atoms with Gasteiger partial charge in [0.2, 0.25) is 4.96 Å². The second-order valence-corrected chi connectivity index (χ2v) is 6.48. The summed E-state index contributed by atoms with van der Waals surface area (Å²) >= 11 is 7.44. The summed E-state index contributed by atoms with van der Waals surface area (Å²) in [6.45, 7) is 2.62. The maximum atomic E-state index is 5.94. The summed E-state index contributed by atoms with van der Waals surface area (Å²) in [6, 6.07) is 15.4. The molecule has 0 atom stereocenters. The molecule has 24 heavy (non-hydrogen) atoms. The standard InChI is InChI=1S/C17H13ClN4OS/c1-2-23-14-9-5-12(6-10-14)16-21-22-15(19-20-17(22)24-16)11-3-7-13(18)8-4-11/h3-10H,2H2,1H3. The molecule has 0 amide bonds. The molecule has 0 aliphatic rings. The maximum Gasteiger partial charge on any atom is 0.235 e. The monoisotopic (exact) mass is 356 g/mol. The lowest BCUT2D eigenvalue weighted by atomic mass is 10.2. The number of aromatic nitrogens is 4. The Morgan fingerprint density at radius 2 is 1.71 bits per heavy atom. The van der Waals surface area contributed by atoms with Crippen LogP contribution in [0.15, 0.2) is 48.5 Å². The predicted octanol–water partition coefficient (Wildman–Crippen LogP) is 4.57. The van der Waals surface area contributed by atoms with Crippen LogP contribution in [-0.4, -0.2) is 26.4 Å². The highest BCUT2D eigenvalue weighted by Crippen LogP contribution is 2.29. The topological polar surface area (TPSA) is 52.3 Å². The van der Waals surface area contributed by atoms with Gasteiger partial charge < -0.3 is 4.74 Å². The normalized spacial score (nSPS) is 11.1. The third kappa shape index (κ3) is 2.74. The minimum Gasteiger partial charge on any atom is -0.494 e. The zero-order valence-electron chi connectivity index (χ0n) is 12.8. The van der Waals surface area contributed by atoms with Gasteiger partial charge in [0.05, 0.1) is 6.61 Å². The first kappa shape index (κ1) is 15.1. The third-order valence-electron chi connectivity index (χ3n) is 3.51. The van der Waals surface area contributed by atoms with E-state index in [1.54, 1.807) is 4.52 Å². The summed E-state index contributed by atoms with van der Waals surface area (Å²) in [5, 5.41) is 14.7. The van der Waals surface area contributed by atoms with Gasteiger partial charge in [0.1, 0.15) is 10.8 Å². The smallest absolute Gasteiger partial charge is 0.235 e. The van der Waals surface area contributed by atoms with Crippen LogP contribution < -0.4 is 4.74 Å². The summed E-state index contributed by atoms with van der Waals surface area (Å²) < 4.78 is 7.24. The fourth-order valence-electron chi connectivity index (χ4n) is 2.37. The minimum absolute atomic E-state index is 0.653. The Kier molecular flexibility index (Phi) is 3.92. The fraction of sp³-hybridized carbons (Fsp3) is 0.118. The molecule has 0 saturated heterocycles. The summed E-state index contributed by atoms with van der Waals surface area (Å²) in [5.41, 5.74) is 1.95. The van der Waals surface area contributed by atoms with Crippen molar-refractivity contribution in [2.75, 3.05) is 6.61 Å². The lowest BCUT2D eigenvalue weighted by Gasteiger charge is -2.02. The number of nitrogens with zero attached hydrogens (tertiary/aromatic N) is 4. The van der Waals surface area contributed by atoms with Gasteiger partial charge in [-0.15, -0.1) is 10.2 Å². The average molecular weight is 357 g/mol. The van der Waals surface area contributed by atoms with Gasteiger partial charge in [-0.05, 0) is 55.5 Å². The SMILES string of the molecule is CCOc1ccc(-c2nn3c(-c4ccc(Cl)cc4)nnc3s2)cc1. The van der Waals surface area contributed by atoms with Crippen LogP contribution in [-0.2, 0) is 0 Å². The Morgan fingerprint density at radius 1 is 1.00 bits per heavy atom. The summed E-state index contributed by atoms with van der Waals surface area (Å²) in [7, 11) is 0. The third-order valence-corrected chi connectivity index (χ3v) is 4.71. The minimum atomic E-state index is 0.653. The van der Waals surface area contributed by atoms with Gasteiger partial charge in [-0.25, -0.2) is 0 Å². The van der Waals surface area contributed by atoms with Crippen molar-refractivity contribution in [2.24, 2.45) is 0 Å². The van der Waals surface area contributed by atoms with Crippen LogP contribution in [0.1, 0.15) is 6.92 Å². The maximum absolute atomic E-state index is 5.94. The zero-order valence-corrected chi connectivity index (χ0v) is 14.4. The molecule has 4 aromatic rings. The van der Waals surface area contributed by atoms with Crippen molar-refractivity contribution in [3.05, 3.63) is 53.6 Å². The Labute approximate surface area is 147 Å². The highest BCUT2D eigenvalue weighted by Gasteiger charge is 2.14. The molecular weight excluding hydrogens is 344 g/mol. The number of hydrogen-bond donors (Lipinski definition) is 0. The van der Waals surface area contributed by atoms with Crippen molar-refractivity contribution in [1.82, 2.24) is 19.8 Å². The highest BCUT2D eigenvalue weighted by molar-refractivity contribution is 7.19. The van der Waals surface area contributed by atoms with E-state index in [9.17, 15) is 0 Å². The van der Waals surface area contributed by atoms with Gasteiger partial charge in [-0.1, -0.05) is 22.9 Å². The Bertz CT molecular complexity index is 976. The van der Waals surface area contributed by atoms with E-state index in [2.05, 4.69) is 15.3 Å². The van der Waals surface area contributed by atoms with E-state index in [0.717, 1.165) is 26.8 Å². The molecule has 2 heterocycles. The summed E-state index contributed by atoms with van der Waals surface area (Å²) in [5.74, 6) is 1.56. The molecule has 0 spiro atoms. The van der Waals surface area contributed by atoms with Gasteiger partial charge in [0.25, 0.3) is 0 Å². The fourth-order valence-corrected chi connectivity index (χ4v) is 3.34. The number of rotatable bonds is 4. The van der Waals surface area contributed by atoms with E-state index >= 15 is 0 Å². The van der Waals surface area contributed by atoms with Crippen LogP contribution in [0.2, 0.25) is 5.02 Å². The number of fused-ring (bicyclic) bond motifs is 1. The molecule has 0 aliphatic carbocycles. The Hall–Kier alpha value is -2.44. The molecule has 7 heteroatoms. The summed E-state index contributed by atoms with van der Waals surface area (Å²) in [4.78, 5) is 0.754. The molecule has 0 N–H and O–H groups in total. The van der Waals surface area contributed by atoms with Crippen molar-refractivity contribution >= 4 is 27.9 Å². The first-order valence-corrected chi connectivity index (χ1v) is 8.65. The quantitative estimate of drug-likeness (QED) is 0.537. The van der Waals surface area contributed by atoms with Gasteiger partial charge in [-0.3, -0.25) is 0 Å². The van der Waals surface area contributed by atoms with Crippen LogP contribution in [0.4, 0.5) is 0 Å². The van der Waals surface area contributed by atoms with E-state index in [-0.39, 0.29) is 0 Å². The van der Waals surface area contributed by atoms with Crippen molar-refractivity contribution in [1.29, 1.82) is 0 Å². The number of halogens is 1. The molecule has 0 radical (unpaired) electrons. The highest BCUT2D eigenvalue weighted by atomic mass is 35.5.